The first-order chi connectivity index (χ1) is 13.6. The highest BCUT2D eigenvalue weighted by Gasteiger charge is 2.29. The zero-order valence-corrected chi connectivity index (χ0v) is 17.7. The van der Waals surface area contributed by atoms with E-state index in [1.807, 2.05) is 30.0 Å². The summed E-state index contributed by atoms with van der Waals surface area (Å²) in [5.74, 6) is 0.926. The molecule has 1 aromatic carbocycles. The van der Waals surface area contributed by atoms with Crippen molar-refractivity contribution in [2.45, 2.75) is 71.6 Å². The molecule has 0 atom stereocenters. The number of hydrogen-bond donors (Lipinski definition) is 0. The van der Waals surface area contributed by atoms with Gasteiger partial charge in [0, 0.05) is 19.0 Å². The minimum atomic E-state index is -0.219. The Labute approximate surface area is 170 Å². The van der Waals surface area contributed by atoms with E-state index in [9.17, 15) is 9.59 Å². The monoisotopic (exact) mass is 387 g/mol. The Morgan fingerprint density at radius 1 is 1.04 bits per heavy atom. The maximum absolute atomic E-state index is 13.2. The van der Waals surface area contributed by atoms with Crippen LogP contribution in [0.25, 0.3) is 0 Å². The standard InChI is InChI=1S/C24H37NO3/c1-3-5-9-21-12-14-22(15-13-21)24(27)25(19-17-23(26)28-4-2)18-16-20-10-7-6-8-11-20/h6-8,10-11,21-22H,3-5,9,12-19H2,1-2H3. The van der Waals surface area contributed by atoms with Gasteiger partial charge in [0.15, 0.2) is 0 Å². The molecule has 1 saturated carbocycles. The van der Waals surface area contributed by atoms with Gasteiger partial charge in [0.1, 0.15) is 0 Å². The SMILES string of the molecule is CCCCC1CCC(C(=O)N(CCC(=O)OCC)CCc2ccccc2)CC1. The van der Waals surface area contributed by atoms with Crippen molar-refractivity contribution in [2.24, 2.45) is 11.8 Å². The molecule has 1 amide bonds. The van der Waals surface area contributed by atoms with Gasteiger partial charge in [-0.2, -0.15) is 0 Å². The molecule has 0 heterocycles. The van der Waals surface area contributed by atoms with E-state index in [0.717, 1.165) is 25.2 Å². The molecular formula is C24H37NO3. The summed E-state index contributed by atoms with van der Waals surface area (Å²) in [6, 6.07) is 10.2. The Morgan fingerprint density at radius 3 is 2.39 bits per heavy atom. The van der Waals surface area contributed by atoms with Crippen LogP contribution in [-0.4, -0.2) is 36.5 Å². The Hall–Kier alpha value is -1.84. The van der Waals surface area contributed by atoms with Gasteiger partial charge in [-0.15, -0.1) is 0 Å². The van der Waals surface area contributed by atoms with Gasteiger partial charge < -0.3 is 9.64 Å². The summed E-state index contributed by atoms with van der Waals surface area (Å²) in [6.45, 7) is 5.56. The first-order valence-electron chi connectivity index (χ1n) is 11.1. The number of hydrogen-bond acceptors (Lipinski definition) is 3. The van der Waals surface area contributed by atoms with Gasteiger partial charge >= 0.3 is 5.97 Å². The van der Waals surface area contributed by atoms with Gasteiger partial charge in [0.05, 0.1) is 13.0 Å². The molecule has 2 rings (SSSR count). The number of ether oxygens (including phenoxy) is 1. The summed E-state index contributed by atoms with van der Waals surface area (Å²) in [4.78, 5) is 26.9. The van der Waals surface area contributed by atoms with Crippen molar-refractivity contribution in [3.8, 4) is 0 Å². The van der Waals surface area contributed by atoms with Gasteiger partial charge in [-0.25, -0.2) is 0 Å². The number of esters is 1. The van der Waals surface area contributed by atoms with Gasteiger partial charge in [0.2, 0.25) is 5.91 Å². The molecule has 156 valence electrons. The first-order valence-corrected chi connectivity index (χ1v) is 11.1. The first kappa shape index (κ1) is 22.4. The number of unbranched alkanes of at least 4 members (excludes halogenated alkanes) is 1. The Morgan fingerprint density at radius 2 is 1.75 bits per heavy atom. The second kappa shape index (κ2) is 12.6. The fourth-order valence-electron chi connectivity index (χ4n) is 4.15. The van der Waals surface area contributed by atoms with E-state index < -0.39 is 0 Å². The average Bonchev–Trinajstić information content (AvgIpc) is 2.73. The third-order valence-electron chi connectivity index (χ3n) is 5.88. The molecule has 0 N–H and O–H groups in total. The van der Waals surface area contributed by atoms with Crippen LogP contribution in [0.1, 0.15) is 70.8 Å². The number of amides is 1. The highest BCUT2D eigenvalue weighted by atomic mass is 16.5. The Balaban J connectivity index is 1.91. The van der Waals surface area contributed by atoms with E-state index in [-0.39, 0.29) is 24.2 Å². The van der Waals surface area contributed by atoms with E-state index in [1.54, 1.807) is 0 Å². The van der Waals surface area contributed by atoms with Crippen LogP contribution in [-0.2, 0) is 20.7 Å². The van der Waals surface area contributed by atoms with E-state index in [2.05, 4.69) is 19.1 Å². The molecule has 4 nitrogen and oxygen atoms in total. The second-order valence-corrected chi connectivity index (χ2v) is 7.98. The Kier molecular flexibility index (Phi) is 10.1. The number of carbonyl (C=O) groups is 2. The normalized spacial score (nSPS) is 19.2. The molecule has 0 aromatic heterocycles. The molecular weight excluding hydrogens is 350 g/mol. The summed E-state index contributed by atoms with van der Waals surface area (Å²) in [6.07, 6.45) is 9.27. The van der Waals surface area contributed by atoms with Crippen LogP contribution in [0.15, 0.2) is 30.3 Å². The van der Waals surface area contributed by atoms with Crippen molar-refractivity contribution in [3.05, 3.63) is 35.9 Å². The van der Waals surface area contributed by atoms with Crippen molar-refractivity contribution in [3.63, 3.8) is 0 Å². The summed E-state index contributed by atoms with van der Waals surface area (Å²) in [7, 11) is 0. The highest BCUT2D eigenvalue weighted by molar-refractivity contribution is 5.79. The number of benzene rings is 1. The van der Waals surface area contributed by atoms with Crippen LogP contribution in [0.5, 0.6) is 0 Å². The minimum Gasteiger partial charge on any atom is -0.466 e. The third-order valence-corrected chi connectivity index (χ3v) is 5.88. The van der Waals surface area contributed by atoms with Crippen LogP contribution in [0.3, 0.4) is 0 Å². The quantitative estimate of drug-likeness (QED) is 0.502. The molecule has 1 aliphatic rings. The zero-order valence-electron chi connectivity index (χ0n) is 17.7. The molecule has 1 aliphatic carbocycles. The molecule has 0 radical (unpaired) electrons. The van der Waals surface area contributed by atoms with Crippen molar-refractivity contribution in [1.29, 1.82) is 0 Å². The molecule has 1 aromatic rings. The zero-order chi connectivity index (χ0) is 20.2. The van der Waals surface area contributed by atoms with Crippen LogP contribution in [0.4, 0.5) is 0 Å². The van der Waals surface area contributed by atoms with E-state index in [1.165, 1.54) is 37.7 Å². The van der Waals surface area contributed by atoms with Crippen LogP contribution >= 0.6 is 0 Å². The van der Waals surface area contributed by atoms with Crippen LogP contribution in [0.2, 0.25) is 0 Å². The molecule has 4 heteroatoms. The van der Waals surface area contributed by atoms with Crippen molar-refractivity contribution in [1.82, 2.24) is 4.90 Å². The minimum absolute atomic E-state index is 0.121. The van der Waals surface area contributed by atoms with Crippen molar-refractivity contribution >= 4 is 11.9 Å². The highest BCUT2D eigenvalue weighted by Crippen LogP contribution is 2.33. The smallest absolute Gasteiger partial charge is 0.307 e. The lowest BCUT2D eigenvalue weighted by molar-refractivity contribution is -0.144. The lowest BCUT2D eigenvalue weighted by Crippen LogP contribution is -2.40. The average molecular weight is 388 g/mol. The van der Waals surface area contributed by atoms with Crippen molar-refractivity contribution < 1.29 is 14.3 Å². The molecule has 0 spiro atoms. The van der Waals surface area contributed by atoms with Crippen LogP contribution < -0.4 is 0 Å². The van der Waals surface area contributed by atoms with Crippen LogP contribution in [0, 0.1) is 11.8 Å². The molecule has 1 fully saturated rings. The number of nitrogens with zero attached hydrogens (tertiary/aromatic N) is 1. The number of rotatable bonds is 11. The molecule has 0 saturated heterocycles. The molecule has 0 bridgehead atoms. The van der Waals surface area contributed by atoms with E-state index in [0.29, 0.717) is 19.7 Å². The molecule has 0 aliphatic heterocycles. The van der Waals surface area contributed by atoms with E-state index >= 15 is 0 Å². The molecule has 0 unspecified atom stereocenters. The predicted molar refractivity (Wildman–Crippen MR) is 113 cm³/mol. The summed E-state index contributed by atoms with van der Waals surface area (Å²) >= 11 is 0. The van der Waals surface area contributed by atoms with Gasteiger partial charge in [0.25, 0.3) is 0 Å². The van der Waals surface area contributed by atoms with Gasteiger partial charge in [-0.3, -0.25) is 9.59 Å². The Bertz CT molecular complexity index is 579. The van der Waals surface area contributed by atoms with E-state index in [4.69, 9.17) is 4.74 Å². The second-order valence-electron chi connectivity index (χ2n) is 7.98. The lowest BCUT2D eigenvalue weighted by Gasteiger charge is -2.32. The summed E-state index contributed by atoms with van der Waals surface area (Å²) < 4.78 is 5.05. The topological polar surface area (TPSA) is 46.6 Å². The fraction of sp³-hybridized carbons (Fsp3) is 0.667. The molecule has 28 heavy (non-hydrogen) atoms. The summed E-state index contributed by atoms with van der Waals surface area (Å²) in [5.41, 5.74) is 1.22. The van der Waals surface area contributed by atoms with Gasteiger partial charge in [-0.1, -0.05) is 56.5 Å². The third kappa shape index (κ3) is 7.65. The van der Waals surface area contributed by atoms with Gasteiger partial charge in [-0.05, 0) is 50.5 Å². The fourth-order valence-corrected chi connectivity index (χ4v) is 4.15. The summed E-state index contributed by atoms with van der Waals surface area (Å²) in [5, 5.41) is 0. The largest absolute Gasteiger partial charge is 0.466 e. The maximum Gasteiger partial charge on any atom is 0.307 e. The lowest BCUT2D eigenvalue weighted by atomic mass is 9.79. The number of carbonyl (C=O) groups excluding carboxylic acids is 2. The maximum atomic E-state index is 13.2. The predicted octanol–water partition coefficient (Wildman–Crippen LogP) is 5.01. The van der Waals surface area contributed by atoms with Crippen molar-refractivity contribution in [2.75, 3.05) is 19.7 Å².